The van der Waals surface area contributed by atoms with Gasteiger partial charge in [0.25, 0.3) is 0 Å². The van der Waals surface area contributed by atoms with E-state index in [0.717, 1.165) is 32.5 Å². The van der Waals surface area contributed by atoms with Gasteiger partial charge in [-0.05, 0) is 18.3 Å². The van der Waals surface area contributed by atoms with Gasteiger partial charge in [0.15, 0.2) is 0 Å². The van der Waals surface area contributed by atoms with Gasteiger partial charge in [-0.25, -0.2) is 4.79 Å². The minimum Gasteiger partial charge on any atom is -0.351 e. The van der Waals surface area contributed by atoms with Gasteiger partial charge in [0, 0.05) is 25.7 Å². The lowest BCUT2D eigenvalue weighted by atomic mass is 9.95. The van der Waals surface area contributed by atoms with Gasteiger partial charge in [-0.3, -0.25) is 0 Å². The minimum atomic E-state index is -0.294. The molecule has 1 saturated heterocycles. The van der Waals surface area contributed by atoms with E-state index >= 15 is 0 Å². The topological polar surface area (TPSA) is 58.4 Å². The van der Waals surface area contributed by atoms with Crippen molar-refractivity contribution in [3.05, 3.63) is 0 Å². The Morgan fingerprint density at radius 3 is 2.73 bits per heavy atom. The van der Waals surface area contributed by atoms with Crippen molar-refractivity contribution >= 4 is 6.03 Å². The first-order valence-electron chi connectivity index (χ1n) is 5.66. The maximum Gasteiger partial charge on any atom is 0.314 e. The van der Waals surface area contributed by atoms with Gasteiger partial charge in [-0.2, -0.15) is 0 Å². The van der Waals surface area contributed by atoms with Gasteiger partial charge < -0.3 is 16.0 Å². The average molecular weight is 213 g/mol. The van der Waals surface area contributed by atoms with Gasteiger partial charge in [0.1, 0.15) is 0 Å². The number of hydrogen-bond acceptors (Lipinski definition) is 2. The quantitative estimate of drug-likeness (QED) is 0.723. The van der Waals surface area contributed by atoms with Gasteiger partial charge in [0.05, 0.1) is 0 Å². The highest BCUT2D eigenvalue weighted by Gasteiger charge is 2.22. The standard InChI is InChI=1S/C11H23N3O/c1-11(2,3)8-13-9-5-4-6-14(7-9)10(12)15/h9,13H,4-8H2,1-3H3,(H2,12,15). The SMILES string of the molecule is CC(C)(C)CNC1CCCN(C(N)=O)C1. The molecule has 0 aromatic rings. The molecule has 88 valence electrons. The Morgan fingerprint density at radius 1 is 1.53 bits per heavy atom. The van der Waals surface area contributed by atoms with Crippen molar-refractivity contribution in [2.45, 2.75) is 39.7 Å². The van der Waals surface area contributed by atoms with Gasteiger partial charge in [-0.1, -0.05) is 20.8 Å². The molecule has 0 saturated carbocycles. The number of amides is 2. The zero-order valence-electron chi connectivity index (χ0n) is 10.0. The lowest BCUT2D eigenvalue weighted by Crippen LogP contribution is -2.51. The minimum absolute atomic E-state index is 0.287. The Hall–Kier alpha value is -0.770. The summed E-state index contributed by atoms with van der Waals surface area (Å²) >= 11 is 0. The summed E-state index contributed by atoms with van der Waals surface area (Å²) in [5.41, 5.74) is 5.56. The molecule has 3 N–H and O–H groups in total. The van der Waals surface area contributed by atoms with Crippen LogP contribution in [0.2, 0.25) is 0 Å². The number of piperidine rings is 1. The molecule has 0 radical (unpaired) electrons. The summed E-state index contributed by atoms with van der Waals surface area (Å²) in [6, 6.07) is 0.114. The second kappa shape index (κ2) is 4.84. The first kappa shape index (κ1) is 12.3. The summed E-state index contributed by atoms with van der Waals surface area (Å²) in [4.78, 5) is 12.7. The second-order valence-corrected chi connectivity index (χ2v) is 5.56. The Balaban J connectivity index is 2.34. The smallest absolute Gasteiger partial charge is 0.314 e. The molecule has 4 nitrogen and oxygen atoms in total. The number of primary amides is 1. The second-order valence-electron chi connectivity index (χ2n) is 5.56. The third-order valence-electron chi connectivity index (χ3n) is 2.65. The Labute approximate surface area is 92.2 Å². The van der Waals surface area contributed by atoms with Crippen LogP contribution in [0.3, 0.4) is 0 Å². The third kappa shape index (κ3) is 4.51. The van der Waals surface area contributed by atoms with E-state index in [1.165, 1.54) is 0 Å². The zero-order chi connectivity index (χ0) is 11.5. The third-order valence-corrected chi connectivity index (χ3v) is 2.65. The molecule has 0 aliphatic carbocycles. The zero-order valence-corrected chi connectivity index (χ0v) is 10.0. The molecule has 1 fully saturated rings. The molecule has 2 amide bonds. The van der Waals surface area contributed by atoms with Crippen molar-refractivity contribution in [1.82, 2.24) is 10.2 Å². The molecule has 0 aromatic heterocycles. The van der Waals surface area contributed by atoms with E-state index < -0.39 is 0 Å². The summed E-state index contributed by atoms with van der Waals surface area (Å²) in [5, 5.41) is 3.50. The highest BCUT2D eigenvalue weighted by Crippen LogP contribution is 2.14. The molecule has 1 heterocycles. The molecule has 0 spiro atoms. The van der Waals surface area contributed by atoms with Crippen LogP contribution < -0.4 is 11.1 Å². The fraction of sp³-hybridized carbons (Fsp3) is 0.909. The molecule has 1 aliphatic heterocycles. The van der Waals surface area contributed by atoms with Crippen LogP contribution in [0.1, 0.15) is 33.6 Å². The van der Waals surface area contributed by atoms with E-state index in [-0.39, 0.29) is 11.4 Å². The number of rotatable bonds is 2. The van der Waals surface area contributed by atoms with Crippen molar-refractivity contribution in [1.29, 1.82) is 0 Å². The molecule has 15 heavy (non-hydrogen) atoms. The van der Waals surface area contributed by atoms with Crippen molar-refractivity contribution in [3.63, 3.8) is 0 Å². The normalized spacial score (nSPS) is 22.9. The Bertz CT molecular complexity index is 222. The summed E-state index contributed by atoms with van der Waals surface area (Å²) in [5.74, 6) is 0. The van der Waals surface area contributed by atoms with E-state index in [2.05, 4.69) is 26.1 Å². The fourth-order valence-corrected chi connectivity index (χ4v) is 1.79. The van der Waals surface area contributed by atoms with Crippen LogP contribution in [0, 0.1) is 5.41 Å². The predicted molar refractivity (Wildman–Crippen MR) is 61.6 cm³/mol. The van der Waals surface area contributed by atoms with Crippen LogP contribution in [-0.2, 0) is 0 Å². The first-order valence-corrected chi connectivity index (χ1v) is 5.66. The van der Waals surface area contributed by atoms with E-state index in [0.29, 0.717) is 6.04 Å². The van der Waals surface area contributed by atoms with Crippen molar-refractivity contribution in [2.24, 2.45) is 11.1 Å². The first-order chi connectivity index (χ1) is 6.88. The lowest BCUT2D eigenvalue weighted by molar-refractivity contribution is 0.178. The van der Waals surface area contributed by atoms with Crippen LogP contribution in [0.5, 0.6) is 0 Å². The van der Waals surface area contributed by atoms with E-state index in [9.17, 15) is 4.79 Å². The van der Waals surface area contributed by atoms with Crippen LogP contribution in [-0.4, -0.2) is 36.6 Å². The molecule has 0 bridgehead atoms. The summed E-state index contributed by atoms with van der Waals surface area (Å²) in [7, 11) is 0. The summed E-state index contributed by atoms with van der Waals surface area (Å²) in [6.07, 6.45) is 2.19. The molecular formula is C11H23N3O. The molecule has 1 rings (SSSR count). The maximum absolute atomic E-state index is 11.0. The number of hydrogen-bond donors (Lipinski definition) is 2. The average Bonchev–Trinajstić information content (AvgIpc) is 2.14. The van der Waals surface area contributed by atoms with Crippen LogP contribution >= 0.6 is 0 Å². The van der Waals surface area contributed by atoms with Gasteiger partial charge in [0.2, 0.25) is 0 Å². The number of likely N-dealkylation sites (tertiary alicyclic amines) is 1. The molecule has 0 aromatic carbocycles. The van der Waals surface area contributed by atoms with Gasteiger partial charge in [-0.15, -0.1) is 0 Å². The highest BCUT2D eigenvalue weighted by atomic mass is 16.2. The Morgan fingerprint density at radius 2 is 2.20 bits per heavy atom. The van der Waals surface area contributed by atoms with Crippen molar-refractivity contribution in [3.8, 4) is 0 Å². The Kier molecular flexibility index (Phi) is 3.97. The monoisotopic (exact) mass is 213 g/mol. The van der Waals surface area contributed by atoms with E-state index in [4.69, 9.17) is 5.73 Å². The van der Waals surface area contributed by atoms with Crippen LogP contribution in [0.4, 0.5) is 4.79 Å². The number of nitrogens with two attached hydrogens (primary N) is 1. The van der Waals surface area contributed by atoms with Crippen LogP contribution in [0.15, 0.2) is 0 Å². The van der Waals surface area contributed by atoms with Crippen molar-refractivity contribution < 1.29 is 4.79 Å². The number of carbonyl (C=O) groups excluding carboxylic acids is 1. The number of nitrogens with zero attached hydrogens (tertiary/aromatic N) is 1. The molecule has 4 heteroatoms. The predicted octanol–water partition coefficient (Wildman–Crippen LogP) is 1.17. The number of carbonyl (C=O) groups is 1. The molecule has 1 atom stereocenters. The van der Waals surface area contributed by atoms with Crippen LogP contribution in [0.25, 0.3) is 0 Å². The van der Waals surface area contributed by atoms with E-state index in [1.54, 1.807) is 4.90 Å². The molecule has 1 unspecified atom stereocenters. The fourth-order valence-electron chi connectivity index (χ4n) is 1.79. The number of urea groups is 1. The summed E-state index contributed by atoms with van der Waals surface area (Å²) < 4.78 is 0. The molecule has 1 aliphatic rings. The number of nitrogens with one attached hydrogen (secondary N) is 1. The largest absolute Gasteiger partial charge is 0.351 e. The van der Waals surface area contributed by atoms with Gasteiger partial charge >= 0.3 is 6.03 Å². The van der Waals surface area contributed by atoms with E-state index in [1.807, 2.05) is 0 Å². The van der Waals surface area contributed by atoms with Crippen molar-refractivity contribution in [2.75, 3.05) is 19.6 Å². The lowest BCUT2D eigenvalue weighted by Gasteiger charge is -2.33. The highest BCUT2D eigenvalue weighted by molar-refractivity contribution is 5.72. The summed E-state index contributed by atoms with van der Waals surface area (Å²) in [6.45, 7) is 9.15. The maximum atomic E-state index is 11.0. The molecular weight excluding hydrogens is 190 g/mol.